The first-order chi connectivity index (χ1) is 15.4. The summed E-state index contributed by atoms with van der Waals surface area (Å²) in [7, 11) is 0. The maximum atomic E-state index is 13.3. The molecule has 0 spiro atoms. The molecule has 0 radical (unpaired) electrons. The zero-order valence-electron chi connectivity index (χ0n) is 17.8. The standard InChI is InChI=1S/C23H23ClN4O3S/c1-13-9-16(10-14(2)20(13)31-8-7-29)21-26-27-23(32-21)28(12-15-3-4-15)22(30)18-6-5-17(25)11-19(18)24/h5-7,9-11,15H,3-4,8,12,25H2,1-2H3. The molecule has 1 aromatic heterocycles. The van der Waals surface area contributed by atoms with E-state index in [-0.39, 0.29) is 12.5 Å². The van der Waals surface area contributed by atoms with Crippen molar-refractivity contribution in [3.63, 3.8) is 0 Å². The summed E-state index contributed by atoms with van der Waals surface area (Å²) in [6.07, 6.45) is 2.90. The van der Waals surface area contributed by atoms with Gasteiger partial charge in [0.1, 0.15) is 17.4 Å². The van der Waals surface area contributed by atoms with E-state index >= 15 is 0 Å². The highest BCUT2D eigenvalue weighted by Crippen LogP contribution is 2.37. The summed E-state index contributed by atoms with van der Waals surface area (Å²) in [5.41, 5.74) is 9.36. The molecule has 3 aromatic rings. The van der Waals surface area contributed by atoms with Gasteiger partial charge in [0.25, 0.3) is 5.91 Å². The first-order valence-corrected chi connectivity index (χ1v) is 11.4. The van der Waals surface area contributed by atoms with Crippen LogP contribution in [-0.4, -0.2) is 35.5 Å². The van der Waals surface area contributed by atoms with E-state index in [2.05, 4.69) is 10.2 Å². The molecule has 1 aliphatic rings. The molecular weight excluding hydrogens is 448 g/mol. The number of anilines is 2. The summed E-state index contributed by atoms with van der Waals surface area (Å²) < 4.78 is 5.53. The lowest BCUT2D eigenvalue weighted by Crippen LogP contribution is -2.33. The molecule has 9 heteroatoms. The van der Waals surface area contributed by atoms with Gasteiger partial charge in [-0.15, -0.1) is 10.2 Å². The second-order valence-electron chi connectivity index (χ2n) is 7.91. The molecule has 0 unspecified atom stereocenters. The maximum Gasteiger partial charge on any atom is 0.261 e. The van der Waals surface area contributed by atoms with E-state index in [0.717, 1.165) is 35.8 Å². The van der Waals surface area contributed by atoms with E-state index in [1.807, 2.05) is 26.0 Å². The second kappa shape index (κ2) is 9.26. The monoisotopic (exact) mass is 470 g/mol. The zero-order chi connectivity index (χ0) is 22.8. The van der Waals surface area contributed by atoms with Crippen molar-refractivity contribution in [2.45, 2.75) is 26.7 Å². The number of nitrogens with zero attached hydrogens (tertiary/aromatic N) is 3. The summed E-state index contributed by atoms with van der Waals surface area (Å²) in [4.78, 5) is 25.6. The molecule has 32 heavy (non-hydrogen) atoms. The average molecular weight is 471 g/mol. The fraction of sp³-hybridized carbons (Fsp3) is 0.304. The number of rotatable bonds is 8. The Morgan fingerprint density at radius 3 is 2.59 bits per heavy atom. The molecule has 0 saturated heterocycles. The third-order valence-corrected chi connectivity index (χ3v) is 6.56. The highest BCUT2D eigenvalue weighted by Gasteiger charge is 2.31. The molecule has 2 aromatic carbocycles. The number of carbonyl (C=O) groups is 2. The Morgan fingerprint density at radius 2 is 1.97 bits per heavy atom. The van der Waals surface area contributed by atoms with Crippen molar-refractivity contribution in [1.82, 2.24) is 10.2 Å². The van der Waals surface area contributed by atoms with E-state index in [4.69, 9.17) is 22.1 Å². The molecule has 0 atom stereocenters. The van der Waals surface area contributed by atoms with Crippen molar-refractivity contribution in [2.24, 2.45) is 5.92 Å². The lowest BCUT2D eigenvalue weighted by Gasteiger charge is -2.20. The Morgan fingerprint density at radius 1 is 1.25 bits per heavy atom. The van der Waals surface area contributed by atoms with Gasteiger partial charge in [0, 0.05) is 17.8 Å². The highest BCUT2D eigenvalue weighted by molar-refractivity contribution is 7.18. The number of hydrogen-bond acceptors (Lipinski definition) is 7. The SMILES string of the molecule is Cc1cc(-c2nnc(N(CC3CC3)C(=O)c3ccc(N)cc3Cl)s2)cc(C)c1OCC=O. The number of amides is 1. The van der Waals surface area contributed by atoms with E-state index in [0.29, 0.717) is 44.6 Å². The number of nitrogens with two attached hydrogens (primary N) is 1. The third kappa shape index (κ3) is 4.76. The van der Waals surface area contributed by atoms with Gasteiger partial charge < -0.3 is 10.5 Å². The predicted molar refractivity (Wildman–Crippen MR) is 127 cm³/mol. The second-order valence-corrected chi connectivity index (χ2v) is 9.27. The normalized spacial score (nSPS) is 13.1. The van der Waals surface area contributed by atoms with Crippen molar-refractivity contribution in [1.29, 1.82) is 0 Å². The van der Waals surface area contributed by atoms with E-state index in [1.54, 1.807) is 23.1 Å². The Balaban J connectivity index is 1.65. The summed E-state index contributed by atoms with van der Waals surface area (Å²) in [5.74, 6) is 0.932. The number of carbonyl (C=O) groups excluding carboxylic acids is 2. The first-order valence-electron chi connectivity index (χ1n) is 10.3. The van der Waals surface area contributed by atoms with Gasteiger partial charge in [0.2, 0.25) is 5.13 Å². The van der Waals surface area contributed by atoms with Gasteiger partial charge in [0.15, 0.2) is 6.29 Å². The summed E-state index contributed by atoms with van der Waals surface area (Å²) in [6, 6.07) is 8.78. The Kier molecular flexibility index (Phi) is 6.43. The summed E-state index contributed by atoms with van der Waals surface area (Å²) >= 11 is 7.66. The van der Waals surface area contributed by atoms with Gasteiger partial charge in [-0.25, -0.2) is 0 Å². The number of aromatic nitrogens is 2. The van der Waals surface area contributed by atoms with Crippen molar-refractivity contribution in [3.05, 3.63) is 52.0 Å². The van der Waals surface area contributed by atoms with E-state index in [1.165, 1.54) is 11.3 Å². The number of halogens is 1. The molecule has 1 saturated carbocycles. The van der Waals surface area contributed by atoms with Crippen molar-refractivity contribution >= 4 is 46.0 Å². The van der Waals surface area contributed by atoms with Crippen LogP contribution in [0.1, 0.15) is 34.3 Å². The van der Waals surface area contributed by atoms with E-state index < -0.39 is 0 Å². The van der Waals surface area contributed by atoms with E-state index in [9.17, 15) is 9.59 Å². The van der Waals surface area contributed by atoms with Gasteiger partial charge in [-0.05, 0) is 74.1 Å². The van der Waals surface area contributed by atoms with Crippen molar-refractivity contribution < 1.29 is 14.3 Å². The number of hydrogen-bond donors (Lipinski definition) is 1. The van der Waals surface area contributed by atoms with Gasteiger partial charge >= 0.3 is 0 Å². The van der Waals surface area contributed by atoms with Crippen LogP contribution in [0.3, 0.4) is 0 Å². The smallest absolute Gasteiger partial charge is 0.261 e. The average Bonchev–Trinajstić information content (AvgIpc) is 3.44. The maximum absolute atomic E-state index is 13.3. The molecule has 0 aliphatic heterocycles. The third-order valence-electron chi connectivity index (χ3n) is 5.25. The Bertz CT molecular complexity index is 1150. The van der Waals surface area contributed by atoms with Crippen molar-refractivity contribution in [3.8, 4) is 16.3 Å². The predicted octanol–water partition coefficient (Wildman–Crippen LogP) is 4.69. The molecule has 0 bridgehead atoms. The van der Waals surface area contributed by atoms with Gasteiger partial charge in [-0.1, -0.05) is 22.9 Å². The zero-order valence-corrected chi connectivity index (χ0v) is 19.4. The van der Waals surface area contributed by atoms with Crippen LogP contribution in [0.2, 0.25) is 5.02 Å². The number of nitrogen functional groups attached to an aromatic ring is 1. The minimum atomic E-state index is -0.213. The molecule has 1 fully saturated rings. The first kappa shape index (κ1) is 22.2. The minimum Gasteiger partial charge on any atom is -0.486 e. The lowest BCUT2D eigenvalue weighted by molar-refractivity contribution is -0.109. The Hall–Kier alpha value is -2.97. The molecule has 4 rings (SSSR count). The molecular formula is C23H23ClN4O3S. The van der Waals surface area contributed by atoms with Crippen LogP contribution in [0.5, 0.6) is 5.75 Å². The number of aldehydes is 1. The van der Waals surface area contributed by atoms with Crippen LogP contribution in [0.25, 0.3) is 10.6 Å². The molecule has 1 heterocycles. The molecule has 1 aliphatic carbocycles. The lowest BCUT2D eigenvalue weighted by atomic mass is 10.1. The number of aryl methyl sites for hydroxylation is 2. The van der Waals surface area contributed by atoms with Crippen LogP contribution in [-0.2, 0) is 4.79 Å². The van der Waals surface area contributed by atoms with Crippen LogP contribution in [0, 0.1) is 19.8 Å². The van der Waals surface area contributed by atoms with Crippen LogP contribution < -0.4 is 15.4 Å². The molecule has 1 amide bonds. The van der Waals surface area contributed by atoms with Gasteiger partial charge in [-0.3, -0.25) is 14.5 Å². The summed E-state index contributed by atoms with van der Waals surface area (Å²) in [5, 5.41) is 10.2. The fourth-order valence-electron chi connectivity index (χ4n) is 3.52. The Labute approximate surface area is 195 Å². The number of benzene rings is 2. The highest BCUT2D eigenvalue weighted by atomic mass is 35.5. The van der Waals surface area contributed by atoms with Crippen LogP contribution >= 0.6 is 22.9 Å². The van der Waals surface area contributed by atoms with Crippen LogP contribution in [0.4, 0.5) is 10.8 Å². The van der Waals surface area contributed by atoms with Crippen LogP contribution in [0.15, 0.2) is 30.3 Å². The molecule has 7 nitrogen and oxygen atoms in total. The molecule has 166 valence electrons. The minimum absolute atomic E-state index is 0.00984. The largest absolute Gasteiger partial charge is 0.486 e. The topological polar surface area (TPSA) is 98.4 Å². The quantitative estimate of drug-likeness (QED) is 0.378. The summed E-state index contributed by atoms with van der Waals surface area (Å²) in [6.45, 7) is 4.43. The van der Waals surface area contributed by atoms with Gasteiger partial charge in [0.05, 0.1) is 10.6 Å². The molecule has 2 N–H and O–H groups in total. The number of ether oxygens (including phenoxy) is 1. The van der Waals surface area contributed by atoms with Crippen molar-refractivity contribution in [2.75, 3.05) is 23.8 Å². The van der Waals surface area contributed by atoms with Gasteiger partial charge in [-0.2, -0.15) is 0 Å². The fourth-order valence-corrected chi connectivity index (χ4v) is 4.63.